The van der Waals surface area contributed by atoms with Crippen LogP contribution in [0.2, 0.25) is 0 Å². The molecule has 1 aliphatic rings. The van der Waals surface area contributed by atoms with E-state index in [0.29, 0.717) is 6.54 Å². The molecule has 1 aliphatic heterocycles. The third-order valence-corrected chi connectivity index (χ3v) is 4.74. The highest BCUT2D eigenvalue weighted by Crippen LogP contribution is 2.34. The number of pyridine rings is 1. The van der Waals surface area contributed by atoms with Gasteiger partial charge in [-0.3, -0.25) is 4.79 Å². The van der Waals surface area contributed by atoms with E-state index >= 15 is 4.39 Å². The SMILES string of the molecule is CCn1cc(C(=O)O)c(=O)c2cc(F)c([N+]3([O-])CCNC(C)C3)c(F)c21. The van der Waals surface area contributed by atoms with Crippen LogP contribution in [0, 0.1) is 16.8 Å². The molecule has 0 aliphatic carbocycles. The van der Waals surface area contributed by atoms with Crippen LogP contribution in [0.3, 0.4) is 0 Å². The molecule has 2 heterocycles. The van der Waals surface area contributed by atoms with Gasteiger partial charge in [-0.2, -0.15) is 4.39 Å². The van der Waals surface area contributed by atoms with E-state index in [1.165, 1.54) is 4.57 Å². The highest BCUT2D eigenvalue weighted by Gasteiger charge is 2.35. The molecular formula is C17H19F2N3O4. The zero-order valence-corrected chi connectivity index (χ0v) is 14.4. The van der Waals surface area contributed by atoms with Crippen molar-refractivity contribution in [3.05, 3.63) is 44.9 Å². The topological polar surface area (TPSA) is 94.4 Å². The van der Waals surface area contributed by atoms with E-state index in [1.807, 2.05) is 0 Å². The van der Waals surface area contributed by atoms with Gasteiger partial charge in [-0.05, 0) is 19.9 Å². The number of aromatic nitrogens is 1. The number of carbonyl (C=O) groups is 1. The maximum atomic E-state index is 15.3. The van der Waals surface area contributed by atoms with Gasteiger partial charge in [0, 0.05) is 19.3 Å². The number of aryl methyl sites for hydroxylation is 1. The lowest BCUT2D eigenvalue weighted by Gasteiger charge is -2.47. The normalized spacial score (nSPS) is 23.3. The predicted octanol–water partition coefficient (Wildman–Crippen LogP) is 1.79. The Balaban J connectivity index is 2.37. The number of fused-ring (bicyclic) bond motifs is 1. The van der Waals surface area contributed by atoms with Gasteiger partial charge in [0.1, 0.15) is 5.56 Å². The second-order valence-corrected chi connectivity index (χ2v) is 6.53. The van der Waals surface area contributed by atoms with Crippen LogP contribution in [0.25, 0.3) is 10.9 Å². The van der Waals surface area contributed by atoms with Gasteiger partial charge in [0.15, 0.2) is 5.82 Å². The largest absolute Gasteiger partial charge is 0.627 e. The van der Waals surface area contributed by atoms with E-state index in [9.17, 15) is 19.2 Å². The first-order valence-corrected chi connectivity index (χ1v) is 8.30. The molecule has 2 atom stereocenters. The van der Waals surface area contributed by atoms with Crippen molar-refractivity contribution in [2.75, 3.05) is 19.6 Å². The highest BCUT2D eigenvalue weighted by molar-refractivity contribution is 5.93. The number of hydrogen-bond acceptors (Lipinski definition) is 4. The van der Waals surface area contributed by atoms with Crippen LogP contribution in [-0.2, 0) is 6.54 Å². The first-order chi connectivity index (χ1) is 12.2. The van der Waals surface area contributed by atoms with Crippen LogP contribution in [0.4, 0.5) is 14.5 Å². The van der Waals surface area contributed by atoms with Crippen molar-refractivity contribution >= 4 is 22.6 Å². The van der Waals surface area contributed by atoms with E-state index in [4.69, 9.17) is 5.11 Å². The van der Waals surface area contributed by atoms with Crippen LogP contribution in [0.5, 0.6) is 0 Å². The van der Waals surface area contributed by atoms with Gasteiger partial charge < -0.3 is 24.8 Å². The average Bonchev–Trinajstić information content (AvgIpc) is 2.55. The molecule has 9 heteroatoms. The third-order valence-electron chi connectivity index (χ3n) is 4.74. The molecule has 26 heavy (non-hydrogen) atoms. The molecule has 3 rings (SSSR count). The van der Waals surface area contributed by atoms with Crippen molar-refractivity contribution in [2.24, 2.45) is 0 Å². The molecule has 0 bridgehead atoms. The van der Waals surface area contributed by atoms with Gasteiger partial charge in [0.2, 0.25) is 16.9 Å². The molecule has 0 radical (unpaired) electrons. The van der Waals surface area contributed by atoms with E-state index in [1.54, 1.807) is 13.8 Å². The van der Waals surface area contributed by atoms with Crippen molar-refractivity contribution in [3.8, 4) is 0 Å². The van der Waals surface area contributed by atoms with Gasteiger partial charge in [0.05, 0.1) is 30.0 Å². The van der Waals surface area contributed by atoms with Gasteiger partial charge in [-0.1, -0.05) is 0 Å². The Morgan fingerprint density at radius 1 is 1.50 bits per heavy atom. The summed E-state index contributed by atoms with van der Waals surface area (Å²) in [6.45, 7) is 3.74. The molecule has 2 unspecified atom stereocenters. The van der Waals surface area contributed by atoms with Crippen molar-refractivity contribution in [2.45, 2.75) is 26.4 Å². The summed E-state index contributed by atoms with van der Waals surface area (Å²) in [6, 6.07) is 0.553. The van der Waals surface area contributed by atoms with Crippen LogP contribution >= 0.6 is 0 Å². The number of halogens is 2. The van der Waals surface area contributed by atoms with Gasteiger partial charge in [-0.15, -0.1) is 0 Å². The van der Waals surface area contributed by atoms with Crippen molar-refractivity contribution in [3.63, 3.8) is 0 Å². The fraction of sp³-hybridized carbons (Fsp3) is 0.412. The van der Waals surface area contributed by atoms with Gasteiger partial charge in [-0.25, -0.2) is 9.18 Å². The van der Waals surface area contributed by atoms with Crippen molar-refractivity contribution in [1.29, 1.82) is 0 Å². The van der Waals surface area contributed by atoms with Crippen LogP contribution in [-0.4, -0.2) is 41.3 Å². The summed E-state index contributed by atoms with van der Waals surface area (Å²) in [4.78, 5) is 23.6. The lowest BCUT2D eigenvalue weighted by molar-refractivity contribution is 0.0694. The molecule has 140 valence electrons. The summed E-state index contributed by atoms with van der Waals surface area (Å²) in [5.41, 5.74) is -2.45. The minimum Gasteiger partial charge on any atom is -0.627 e. The molecule has 1 saturated heterocycles. The second kappa shape index (κ2) is 6.42. The second-order valence-electron chi connectivity index (χ2n) is 6.53. The number of hydrogen-bond donors (Lipinski definition) is 2. The number of piperazine rings is 1. The number of rotatable bonds is 3. The number of quaternary nitrogens is 1. The standard InChI is InChI=1S/C17H19F2N3O4/c1-3-21-7-11(17(24)25)16(23)10-6-12(18)15(13(19)14(10)21)22(26)5-4-20-9(2)8-22/h6-7,9,20H,3-5,8H2,1-2H3,(H,24,25). The van der Waals surface area contributed by atoms with Gasteiger partial charge in [0.25, 0.3) is 0 Å². The fourth-order valence-corrected chi connectivity index (χ4v) is 3.54. The summed E-state index contributed by atoms with van der Waals surface area (Å²) >= 11 is 0. The highest BCUT2D eigenvalue weighted by atomic mass is 19.1. The summed E-state index contributed by atoms with van der Waals surface area (Å²) in [7, 11) is 0. The third kappa shape index (κ3) is 2.77. The van der Waals surface area contributed by atoms with E-state index in [2.05, 4.69) is 5.32 Å². The minimum atomic E-state index is -1.48. The Hall–Kier alpha value is -2.36. The Bertz CT molecular complexity index is 959. The summed E-state index contributed by atoms with van der Waals surface area (Å²) < 4.78 is 30.0. The summed E-state index contributed by atoms with van der Waals surface area (Å²) in [5, 5.41) is 24.9. The lowest BCUT2D eigenvalue weighted by atomic mass is 10.1. The first kappa shape index (κ1) is 18.4. The molecule has 7 nitrogen and oxygen atoms in total. The number of nitrogens with one attached hydrogen (secondary N) is 1. The van der Waals surface area contributed by atoms with Crippen molar-refractivity contribution in [1.82, 2.24) is 14.5 Å². The van der Waals surface area contributed by atoms with Crippen LogP contribution in [0.1, 0.15) is 24.2 Å². The maximum Gasteiger partial charge on any atom is 0.341 e. The summed E-state index contributed by atoms with van der Waals surface area (Å²) in [6.07, 6.45) is 1.02. The number of benzene rings is 1. The first-order valence-electron chi connectivity index (χ1n) is 8.30. The van der Waals surface area contributed by atoms with E-state index < -0.39 is 38.9 Å². The van der Waals surface area contributed by atoms with E-state index in [-0.39, 0.29) is 36.6 Å². The van der Waals surface area contributed by atoms with E-state index in [0.717, 1.165) is 12.3 Å². The van der Waals surface area contributed by atoms with Gasteiger partial charge >= 0.3 is 5.97 Å². The fourth-order valence-electron chi connectivity index (χ4n) is 3.54. The number of hydroxylamine groups is 2. The van der Waals surface area contributed by atoms with Crippen LogP contribution < -0.4 is 15.4 Å². The maximum absolute atomic E-state index is 15.3. The number of carboxylic acids is 1. The number of aromatic carboxylic acids is 1. The minimum absolute atomic E-state index is 0.0484. The smallest absolute Gasteiger partial charge is 0.341 e. The molecule has 1 fully saturated rings. The molecular weight excluding hydrogens is 348 g/mol. The predicted molar refractivity (Wildman–Crippen MR) is 93.1 cm³/mol. The number of carboxylic acid groups (broad SMARTS) is 1. The quantitative estimate of drug-likeness (QED) is 0.637. The Kier molecular flexibility index (Phi) is 4.55. The molecule has 2 N–H and O–H groups in total. The Labute approximate surface area is 147 Å². The summed E-state index contributed by atoms with van der Waals surface area (Å²) in [5.74, 6) is -3.73. The Morgan fingerprint density at radius 2 is 2.19 bits per heavy atom. The van der Waals surface area contributed by atoms with Crippen molar-refractivity contribution < 1.29 is 18.7 Å². The molecule has 1 aromatic heterocycles. The monoisotopic (exact) mass is 367 g/mol. The molecule has 0 saturated carbocycles. The molecule has 2 aromatic rings. The molecule has 0 spiro atoms. The Morgan fingerprint density at radius 3 is 2.77 bits per heavy atom. The van der Waals surface area contributed by atoms with Crippen LogP contribution in [0.15, 0.2) is 17.1 Å². The molecule has 1 aromatic carbocycles. The average molecular weight is 367 g/mol. The molecule has 0 amide bonds. The number of nitrogens with zero attached hydrogens (tertiary/aromatic N) is 2. The lowest BCUT2D eigenvalue weighted by Crippen LogP contribution is -2.60. The zero-order valence-electron chi connectivity index (χ0n) is 14.4. The zero-order chi connectivity index (χ0) is 19.2.